The van der Waals surface area contributed by atoms with E-state index in [0.717, 1.165) is 12.5 Å². The highest BCUT2D eigenvalue weighted by molar-refractivity contribution is 4.66. The molecule has 0 unspecified atom stereocenters. The fourth-order valence-electron chi connectivity index (χ4n) is 2.56. The average molecular weight is 242 g/mol. The zero-order valence-electron chi connectivity index (χ0n) is 12.1. The van der Waals surface area contributed by atoms with Gasteiger partial charge in [-0.3, -0.25) is 0 Å². The Morgan fingerprint density at radius 2 is 1.18 bits per heavy atom. The molecule has 2 aliphatic carbocycles. The van der Waals surface area contributed by atoms with Gasteiger partial charge < -0.3 is 11.5 Å². The van der Waals surface area contributed by atoms with Crippen molar-refractivity contribution in [3.63, 3.8) is 0 Å². The molecule has 0 aromatic rings. The SMILES string of the molecule is CC.NC1CCCCC1.NCC1CCCCC1. The van der Waals surface area contributed by atoms with Gasteiger partial charge in [-0.2, -0.15) is 0 Å². The molecule has 2 saturated carbocycles. The molecule has 0 aliphatic heterocycles. The van der Waals surface area contributed by atoms with E-state index in [1.807, 2.05) is 13.8 Å². The Morgan fingerprint density at radius 1 is 0.765 bits per heavy atom. The Balaban J connectivity index is 0.000000265. The summed E-state index contributed by atoms with van der Waals surface area (Å²) in [5.41, 5.74) is 11.1. The first-order valence-electron chi connectivity index (χ1n) is 7.78. The van der Waals surface area contributed by atoms with Crippen LogP contribution in [0, 0.1) is 5.92 Å². The lowest BCUT2D eigenvalue weighted by molar-refractivity contribution is 0.366. The van der Waals surface area contributed by atoms with Gasteiger partial charge in [0.15, 0.2) is 0 Å². The molecule has 0 aromatic carbocycles. The second kappa shape index (κ2) is 12.4. The van der Waals surface area contributed by atoms with Crippen LogP contribution in [0.2, 0.25) is 0 Å². The first-order chi connectivity index (χ1) is 8.33. The van der Waals surface area contributed by atoms with Crippen LogP contribution in [0.1, 0.15) is 78.1 Å². The molecule has 4 N–H and O–H groups in total. The van der Waals surface area contributed by atoms with E-state index in [4.69, 9.17) is 11.5 Å². The summed E-state index contributed by atoms with van der Waals surface area (Å²) in [6.07, 6.45) is 13.7. The zero-order valence-corrected chi connectivity index (χ0v) is 12.1. The molecule has 17 heavy (non-hydrogen) atoms. The van der Waals surface area contributed by atoms with E-state index in [1.165, 1.54) is 64.2 Å². The minimum absolute atomic E-state index is 0.536. The molecule has 0 saturated heterocycles. The maximum atomic E-state index is 5.63. The molecule has 0 radical (unpaired) electrons. The maximum Gasteiger partial charge on any atom is 0.00388 e. The van der Waals surface area contributed by atoms with Crippen molar-refractivity contribution in [3.8, 4) is 0 Å². The molecule has 104 valence electrons. The first kappa shape index (κ1) is 16.9. The minimum Gasteiger partial charge on any atom is -0.330 e. The van der Waals surface area contributed by atoms with Gasteiger partial charge in [0, 0.05) is 6.04 Å². The van der Waals surface area contributed by atoms with Gasteiger partial charge in [0.25, 0.3) is 0 Å². The van der Waals surface area contributed by atoms with Crippen LogP contribution in [-0.4, -0.2) is 12.6 Å². The predicted octanol–water partition coefficient (Wildman–Crippen LogP) is 3.83. The van der Waals surface area contributed by atoms with Crippen molar-refractivity contribution in [2.75, 3.05) is 6.54 Å². The van der Waals surface area contributed by atoms with Crippen molar-refractivity contribution < 1.29 is 0 Å². The highest BCUT2D eigenvalue weighted by Crippen LogP contribution is 2.21. The summed E-state index contributed by atoms with van der Waals surface area (Å²) in [7, 11) is 0. The van der Waals surface area contributed by atoms with E-state index in [0.29, 0.717) is 6.04 Å². The lowest BCUT2D eigenvalue weighted by Gasteiger charge is -2.18. The third-order valence-electron chi connectivity index (χ3n) is 3.71. The van der Waals surface area contributed by atoms with Crippen LogP contribution in [-0.2, 0) is 0 Å². The summed E-state index contributed by atoms with van der Waals surface area (Å²) in [5.74, 6) is 0.865. The first-order valence-corrected chi connectivity index (χ1v) is 7.78. The van der Waals surface area contributed by atoms with Crippen LogP contribution in [0.25, 0.3) is 0 Å². The summed E-state index contributed by atoms with van der Waals surface area (Å²) in [6.45, 7) is 4.92. The average Bonchev–Trinajstić information content (AvgIpc) is 2.43. The largest absolute Gasteiger partial charge is 0.330 e. The lowest BCUT2D eigenvalue weighted by Crippen LogP contribution is -2.22. The highest BCUT2D eigenvalue weighted by Gasteiger charge is 2.10. The topological polar surface area (TPSA) is 52.0 Å². The predicted molar refractivity (Wildman–Crippen MR) is 78.0 cm³/mol. The quantitative estimate of drug-likeness (QED) is 0.734. The Bertz CT molecular complexity index is 136. The maximum absolute atomic E-state index is 5.63. The van der Waals surface area contributed by atoms with Crippen LogP contribution in [0.5, 0.6) is 0 Å². The van der Waals surface area contributed by atoms with Crippen LogP contribution >= 0.6 is 0 Å². The number of rotatable bonds is 1. The van der Waals surface area contributed by atoms with Gasteiger partial charge in [0.1, 0.15) is 0 Å². The number of hydrogen-bond acceptors (Lipinski definition) is 2. The molecular formula is C15H34N2. The molecule has 2 aliphatic rings. The Hall–Kier alpha value is -0.0800. The lowest BCUT2D eigenvalue weighted by atomic mass is 9.90. The Morgan fingerprint density at radius 3 is 1.41 bits per heavy atom. The van der Waals surface area contributed by atoms with Crippen molar-refractivity contribution in [1.82, 2.24) is 0 Å². The minimum atomic E-state index is 0.536. The molecule has 0 atom stereocenters. The molecule has 0 heterocycles. The van der Waals surface area contributed by atoms with E-state index >= 15 is 0 Å². The van der Waals surface area contributed by atoms with Crippen LogP contribution < -0.4 is 11.5 Å². The molecule has 0 spiro atoms. The van der Waals surface area contributed by atoms with Crippen LogP contribution in [0.4, 0.5) is 0 Å². The summed E-state index contributed by atoms with van der Waals surface area (Å²) in [6, 6.07) is 0.536. The van der Waals surface area contributed by atoms with E-state index in [-0.39, 0.29) is 0 Å². The van der Waals surface area contributed by atoms with Crippen molar-refractivity contribution in [2.45, 2.75) is 84.1 Å². The third-order valence-corrected chi connectivity index (χ3v) is 3.71. The smallest absolute Gasteiger partial charge is 0.00388 e. The van der Waals surface area contributed by atoms with Gasteiger partial charge in [-0.15, -0.1) is 0 Å². The normalized spacial score (nSPS) is 21.9. The number of hydrogen-bond donors (Lipinski definition) is 2. The molecular weight excluding hydrogens is 208 g/mol. The molecule has 0 bridgehead atoms. The van der Waals surface area contributed by atoms with E-state index in [1.54, 1.807) is 0 Å². The fourth-order valence-corrected chi connectivity index (χ4v) is 2.56. The van der Waals surface area contributed by atoms with Gasteiger partial charge >= 0.3 is 0 Å². The molecule has 0 aromatic heterocycles. The van der Waals surface area contributed by atoms with Gasteiger partial charge in [0.2, 0.25) is 0 Å². The summed E-state index contributed by atoms with van der Waals surface area (Å²) < 4.78 is 0. The van der Waals surface area contributed by atoms with Gasteiger partial charge in [-0.05, 0) is 38.1 Å². The Kier molecular flexibility index (Phi) is 12.3. The second-order valence-electron chi connectivity index (χ2n) is 5.14. The Labute approximate surface area is 109 Å². The van der Waals surface area contributed by atoms with Crippen LogP contribution in [0.15, 0.2) is 0 Å². The monoisotopic (exact) mass is 242 g/mol. The van der Waals surface area contributed by atoms with Gasteiger partial charge in [-0.1, -0.05) is 52.4 Å². The third kappa shape index (κ3) is 9.61. The number of nitrogens with two attached hydrogens (primary N) is 2. The molecule has 2 nitrogen and oxygen atoms in total. The molecule has 2 fully saturated rings. The van der Waals surface area contributed by atoms with Crippen LogP contribution in [0.3, 0.4) is 0 Å². The summed E-state index contributed by atoms with van der Waals surface area (Å²) in [5, 5.41) is 0. The van der Waals surface area contributed by atoms with Gasteiger partial charge in [0.05, 0.1) is 0 Å². The highest BCUT2D eigenvalue weighted by atomic mass is 14.6. The molecule has 0 amide bonds. The second-order valence-corrected chi connectivity index (χ2v) is 5.14. The molecule has 2 rings (SSSR count). The van der Waals surface area contributed by atoms with Crippen molar-refractivity contribution in [3.05, 3.63) is 0 Å². The van der Waals surface area contributed by atoms with E-state index in [9.17, 15) is 0 Å². The fraction of sp³-hybridized carbons (Fsp3) is 1.00. The van der Waals surface area contributed by atoms with E-state index < -0.39 is 0 Å². The molecule has 2 heteroatoms. The summed E-state index contributed by atoms with van der Waals surface area (Å²) in [4.78, 5) is 0. The standard InChI is InChI=1S/C7H15N.C6H13N.C2H6/c8-6-7-4-2-1-3-5-7;7-6-4-2-1-3-5-6;1-2/h7H,1-6,8H2;6H,1-5,7H2;1-2H3. The zero-order chi connectivity index (χ0) is 12.9. The van der Waals surface area contributed by atoms with Gasteiger partial charge in [-0.25, -0.2) is 0 Å². The van der Waals surface area contributed by atoms with Crippen molar-refractivity contribution >= 4 is 0 Å². The summed E-state index contributed by atoms with van der Waals surface area (Å²) >= 11 is 0. The van der Waals surface area contributed by atoms with E-state index in [2.05, 4.69) is 0 Å². The van der Waals surface area contributed by atoms with Crippen molar-refractivity contribution in [2.24, 2.45) is 17.4 Å². The van der Waals surface area contributed by atoms with Crippen molar-refractivity contribution in [1.29, 1.82) is 0 Å².